The molecule has 2 N–H and O–H groups in total. The van der Waals surface area contributed by atoms with Gasteiger partial charge in [-0.3, -0.25) is 10.1 Å². The van der Waals surface area contributed by atoms with Gasteiger partial charge in [0.1, 0.15) is 0 Å². The van der Waals surface area contributed by atoms with Crippen LogP contribution in [0.15, 0.2) is 18.2 Å². The molecule has 104 valence electrons. The van der Waals surface area contributed by atoms with Gasteiger partial charge in [0.05, 0.1) is 17.1 Å². The zero-order valence-corrected chi connectivity index (χ0v) is 10.9. The Hall–Kier alpha value is -1.66. The van der Waals surface area contributed by atoms with E-state index in [0.29, 0.717) is 31.5 Å². The predicted octanol–water partition coefficient (Wildman–Crippen LogP) is 1.44. The molecule has 0 saturated carbocycles. The van der Waals surface area contributed by atoms with E-state index in [1.807, 2.05) is 11.8 Å². The molecule has 1 heterocycles. The SMILES string of the molecule is CC1(O)CCN(c2ccc([N+](=O)[O-])cc2CO)CC1. The molecule has 1 aromatic rings. The molecule has 0 spiro atoms. The van der Waals surface area contributed by atoms with E-state index in [1.54, 1.807) is 6.07 Å². The molecular formula is C13H18N2O4. The third kappa shape index (κ3) is 3.02. The number of rotatable bonds is 3. The van der Waals surface area contributed by atoms with Gasteiger partial charge in [0.2, 0.25) is 0 Å². The van der Waals surface area contributed by atoms with Crippen LogP contribution in [-0.2, 0) is 6.61 Å². The highest BCUT2D eigenvalue weighted by Crippen LogP contribution is 2.30. The molecule has 1 aliphatic rings. The van der Waals surface area contributed by atoms with Crippen molar-refractivity contribution < 1.29 is 15.1 Å². The van der Waals surface area contributed by atoms with Gasteiger partial charge in [-0.1, -0.05) is 0 Å². The largest absolute Gasteiger partial charge is 0.392 e. The lowest BCUT2D eigenvalue weighted by molar-refractivity contribution is -0.384. The minimum absolute atomic E-state index is 0.0168. The molecule has 0 unspecified atom stereocenters. The molecule has 6 nitrogen and oxygen atoms in total. The van der Waals surface area contributed by atoms with E-state index < -0.39 is 10.5 Å². The second kappa shape index (κ2) is 5.14. The summed E-state index contributed by atoms with van der Waals surface area (Å²) >= 11 is 0. The number of aliphatic hydroxyl groups is 2. The third-order valence-corrected chi connectivity index (χ3v) is 3.63. The number of nitro benzene ring substituents is 1. The van der Waals surface area contributed by atoms with Gasteiger partial charge in [-0.05, 0) is 25.8 Å². The minimum Gasteiger partial charge on any atom is -0.392 e. The molecule has 0 radical (unpaired) electrons. The van der Waals surface area contributed by atoms with Gasteiger partial charge in [-0.2, -0.15) is 0 Å². The Kier molecular flexibility index (Phi) is 3.73. The zero-order chi connectivity index (χ0) is 14.0. The van der Waals surface area contributed by atoms with Crippen molar-refractivity contribution in [3.8, 4) is 0 Å². The summed E-state index contributed by atoms with van der Waals surface area (Å²) in [6, 6.07) is 4.52. The number of nitrogens with zero attached hydrogens (tertiary/aromatic N) is 2. The van der Waals surface area contributed by atoms with E-state index in [-0.39, 0.29) is 12.3 Å². The Balaban J connectivity index is 2.23. The second-order valence-electron chi connectivity index (χ2n) is 5.21. The minimum atomic E-state index is -0.642. The average molecular weight is 266 g/mol. The summed E-state index contributed by atoms with van der Waals surface area (Å²) in [6.07, 6.45) is 1.30. The van der Waals surface area contributed by atoms with E-state index in [4.69, 9.17) is 0 Å². The Morgan fingerprint density at radius 3 is 2.58 bits per heavy atom. The van der Waals surface area contributed by atoms with Crippen LogP contribution in [-0.4, -0.2) is 33.8 Å². The number of benzene rings is 1. The molecule has 1 aromatic carbocycles. The van der Waals surface area contributed by atoms with Crippen molar-refractivity contribution in [2.75, 3.05) is 18.0 Å². The second-order valence-corrected chi connectivity index (χ2v) is 5.21. The summed E-state index contributed by atoms with van der Waals surface area (Å²) in [5.41, 5.74) is 0.701. The van der Waals surface area contributed by atoms with Crippen molar-refractivity contribution in [3.63, 3.8) is 0 Å². The first-order valence-corrected chi connectivity index (χ1v) is 6.28. The van der Waals surface area contributed by atoms with Crippen LogP contribution in [0.25, 0.3) is 0 Å². The summed E-state index contributed by atoms with van der Waals surface area (Å²) in [5, 5.41) is 30.0. The van der Waals surface area contributed by atoms with E-state index >= 15 is 0 Å². The Morgan fingerprint density at radius 1 is 1.42 bits per heavy atom. The molecule has 0 atom stereocenters. The predicted molar refractivity (Wildman–Crippen MR) is 71.1 cm³/mol. The van der Waals surface area contributed by atoms with Crippen LogP contribution in [0.2, 0.25) is 0 Å². The molecule has 0 amide bonds. The van der Waals surface area contributed by atoms with E-state index in [9.17, 15) is 20.3 Å². The number of aliphatic hydroxyl groups excluding tert-OH is 1. The Bertz CT molecular complexity index is 478. The lowest BCUT2D eigenvalue weighted by atomic mass is 9.93. The smallest absolute Gasteiger partial charge is 0.269 e. The molecule has 2 rings (SSSR count). The normalized spacial score (nSPS) is 18.4. The maximum atomic E-state index is 10.7. The topological polar surface area (TPSA) is 86.8 Å². The van der Waals surface area contributed by atoms with Crippen LogP contribution >= 0.6 is 0 Å². The van der Waals surface area contributed by atoms with Crippen molar-refractivity contribution in [1.82, 2.24) is 0 Å². The Morgan fingerprint density at radius 2 is 2.05 bits per heavy atom. The third-order valence-electron chi connectivity index (χ3n) is 3.63. The van der Waals surface area contributed by atoms with Gasteiger partial charge < -0.3 is 15.1 Å². The number of hydrogen-bond acceptors (Lipinski definition) is 5. The quantitative estimate of drug-likeness (QED) is 0.638. The van der Waals surface area contributed by atoms with E-state index in [1.165, 1.54) is 12.1 Å². The standard InChI is InChI=1S/C13H18N2O4/c1-13(17)4-6-14(7-5-13)12-3-2-11(15(18)19)8-10(12)9-16/h2-3,8,16-17H,4-7,9H2,1H3. The van der Waals surface area contributed by atoms with E-state index in [2.05, 4.69) is 0 Å². The highest BCUT2D eigenvalue weighted by atomic mass is 16.6. The van der Waals surface area contributed by atoms with Crippen molar-refractivity contribution in [2.24, 2.45) is 0 Å². The first-order chi connectivity index (χ1) is 8.93. The van der Waals surface area contributed by atoms with Crippen LogP contribution in [0.1, 0.15) is 25.3 Å². The van der Waals surface area contributed by atoms with Gasteiger partial charge in [0.15, 0.2) is 0 Å². The van der Waals surface area contributed by atoms with Crippen LogP contribution in [0.3, 0.4) is 0 Å². The van der Waals surface area contributed by atoms with Gasteiger partial charge >= 0.3 is 0 Å². The van der Waals surface area contributed by atoms with Gasteiger partial charge in [-0.25, -0.2) is 0 Å². The highest BCUT2D eigenvalue weighted by Gasteiger charge is 2.28. The van der Waals surface area contributed by atoms with Gasteiger partial charge in [0.25, 0.3) is 5.69 Å². The van der Waals surface area contributed by atoms with E-state index in [0.717, 1.165) is 5.69 Å². The number of anilines is 1. The van der Waals surface area contributed by atoms with Crippen LogP contribution in [0.4, 0.5) is 11.4 Å². The highest BCUT2D eigenvalue weighted by molar-refractivity contribution is 5.58. The van der Waals surface area contributed by atoms with Crippen molar-refractivity contribution in [3.05, 3.63) is 33.9 Å². The summed E-state index contributed by atoms with van der Waals surface area (Å²) in [7, 11) is 0. The molecule has 19 heavy (non-hydrogen) atoms. The molecule has 0 aliphatic carbocycles. The molecule has 6 heteroatoms. The lowest BCUT2D eigenvalue weighted by Gasteiger charge is -2.37. The molecule has 0 bridgehead atoms. The summed E-state index contributed by atoms with van der Waals surface area (Å²) in [5.74, 6) is 0. The first-order valence-electron chi connectivity index (χ1n) is 6.28. The molecule has 1 fully saturated rings. The average Bonchev–Trinajstić information content (AvgIpc) is 2.38. The van der Waals surface area contributed by atoms with Gasteiger partial charge in [-0.15, -0.1) is 0 Å². The fraction of sp³-hybridized carbons (Fsp3) is 0.538. The summed E-state index contributed by atoms with van der Waals surface area (Å²) < 4.78 is 0. The number of non-ortho nitro benzene ring substituents is 1. The number of hydrogen-bond donors (Lipinski definition) is 2. The fourth-order valence-corrected chi connectivity index (χ4v) is 2.35. The van der Waals surface area contributed by atoms with Crippen LogP contribution in [0, 0.1) is 10.1 Å². The first kappa shape index (κ1) is 13.8. The van der Waals surface area contributed by atoms with Gasteiger partial charge in [0, 0.05) is 36.5 Å². The lowest BCUT2D eigenvalue weighted by Crippen LogP contribution is -2.42. The summed E-state index contributed by atoms with van der Waals surface area (Å²) in [6.45, 7) is 2.94. The van der Waals surface area contributed by atoms with Crippen molar-refractivity contribution in [1.29, 1.82) is 0 Å². The van der Waals surface area contributed by atoms with Crippen LogP contribution < -0.4 is 4.90 Å². The summed E-state index contributed by atoms with van der Waals surface area (Å²) in [4.78, 5) is 12.3. The molecule has 0 aromatic heterocycles. The fourth-order valence-electron chi connectivity index (χ4n) is 2.35. The maximum Gasteiger partial charge on any atom is 0.269 e. The number of piperidine rings is 1. The van der Waals surface area contributed by atoms with Crippen molar-refractivity contribution in [2.45, 2.75) is 32.0 Å². The maximum absolute atomic E-state index is 10.7. The number of nitro groups is 1. The Labute approximate surface area is 111 Å². The van der Waals surface area contributed by atoms with Crippen molar-refractivity contribution >= 4 is 11.4 Å². The zero-order valence-electron chi connectivity index (χ0n) is 10.9. The molecule has 1 saturated heterocycles. The molecule has 1 aliphatic heterocycles. The monoisotopic (exact) mass is 266 g/mol. The van der Waals surface area contributed by atoms with Crippen LogP contribution in [0.5, 0.6) is 0 Å². The molecular weight excluding hydrogens is 248 g/mol.